The van der Waals surface area contributed by atoms with E-state index in [2.05, 4.69) is 32.6 Å². The molecular weight excluding hydrogens is 330 g/mol. The van der Waals surface area contributed by atoms with E-state index in [0.29, 0.717) is 5.92 Å². The van der Waals surface area contributed by atoms with Crippen molar-refractivity contribution in [3.05, 3.63) is 24.3 Å². The molecule has 3 nitrogen and oxygen atoms in total. The van der Waals surface area contributed by atoms with Gasteiger partial charge in [-0.15, -0.1) is 0 Å². The highest BCUT2D eigenvalue weighted by molar-refractivity contribution is 7.84. The van der Waals surface area contributed by atoms with E-state index >= 15 is 0 Å². The van der Waals surface area contributed by atoms with Crippen LogP contribution in [0.25, 0.3) is 0 Å². The van der Waals surface area contributed by atoms with Crippen LogP contribution in [0.2, 0.25) is 0 Å². The molecule has 0 spiro atoms. The van der Waals surface area contributed by atoms with Crippen molar-refractivity contribution in [1.82, 2.24) is 4.90 Å². The summed E-state index contributed by atoms with van der Waals surface area (Å²) in [4.78, 5) is 3.46. The lowest BCUT2D eigenvalue weighted by Gasteiger charge is -2.31. The van der Waals surface area contributed by atoms with Gasteiger partial charge in [0, 0.05) is 40.0 Å². The molecule has 0 bridgehead atoms. The van der Waals surface area contributed by atoms with Gasteiger partial charge >= 0.3 is 0 Å². The fourth-order valence-corrected chi connectivity index (χ4v) is 3.84. The standard InChI is InChI=1S/C19H31NO2S.C2H6/c1-15(2)10-11-20-13-16(12-19(20,3)4)14-22-17-6-8-18(9-7-17)23(5)21;1-2/h6-9,15-16H,10-14H2,1-5H3;1-2H3. The zero-order valence-electron chi connectivity index (χ0n) is 17.2. The van der Waals surface area contributed by atoms with Gasteiger partial charge in [0.2, 0.25) is 0 Å². The summed E-state index contributed by atoms with van der Waals surface area (Å²) in [5.74, 6) is 2.21. The van der Waals surface area contributed by atoms with Gasteiger partial charge in [-0.1, -0.05) is 27.7 Å². The fourth-order valence-electron chi connectivity index (χ4n) is 3.32. The zero-order valence-corrected chi connectivity index (χ0v) is 18.0. The van der Waals surface area contributed by atoms with Gasteiger partial charge in [0.05, 0.1) is 6.61 Å². The van der Waals surface area contributed by atoms with Gasteiger partial charge in [-0.25, -0.2) is 0 Å². The normalized spacial score (nSPS) is 20.9. The molecule has 4 heteroatoms. The van der Waals surface area contributed by atoms with Gasteiger partial charge < -0.3 is 4.74 Å². The average Bonchev–Trinajstić information content (AvgIpc) is 2.87. The van der Waals surface area contributed by atoms with Crippen LogP contribution < -0.4 is 4.74 Å². The van der Waals surface area contributed by atoms with E-state index in [1.807, 2.05) is 38.1 Å². The number of hydrogen-bond acceptors (Lipinski definition) is 3. The van der Waals surface area contributed by atoms with Crippen LogP contribution in [0.15, 0.2) is 29.2 Å². The molecule has 1 aromatic rings. The molecule has 1 aromatic carbocycles. The highest BCUT2D eigenvalue weighted by atomic mass is 32.2. The first-order chi connectivity index (χ1) is 11.8. The van der Waals surface area contributed by atoms with Gasteiger partial charge in [0.1, 0.15) is 5.75 Å². The summed E-state index contributed by atoms with van der Waals surface area (Å²) in [6.07, 6.45) is 4.14. The molecule has 1 saturated heterocycles. The van der Waals surface area contributed by atoms with E-state index in [0.717, 1.165) is 29.7 Å². The number of rotatable bonds is 7. The van der Waals surface area contributed by atoms with Gasteiger partial charge in [0.25, 0.3) is 0 Å². The summed E-state index contributed by atoms with van der Waals surface area (Å²) in [5.41, 5.74) is 0.270. The molecule has 2 unspecified atom stereocenters. The first kappa shape index (κ1) is 22.2. The predicted octanol–water partition coefficient (Wildman–Crippen LogP) is 4.98. The number of benzene rings is 1. The summed E-state index contributed by atoms with van der Waals surface area (Å²) in [5, 5.41) is 0. The molecule has 0 radical (unpaired) electrons. The van der Waals surface area contributed by atoms with Crippen molar-refractivity contribution >= 4 is 10.8 Å². The second-order valence-corrected chi connectivity index (χ2v) is 9.13. The highest BCUT2D eigenvalue weighted by Crippen LogP contribution is 2.33. The molecule has 1 aliphatic rings. The van der Waals surface area contributed by atoms with Crippen LogP contribution in [0.1, 0.15) is 54.4 Å². The average molecular weight is 368 g/mol. The van der Waals surface area contributed by atoms with Crippen molar-refractivity contribution in [3.8, 4) is 5.75 Å². The summed E-state index contributed by atoms with van der Waals surface area (Å²) >= 11 is 0. The molecule has 0 aromatic heterocycles. The molecule has 25 heavy (non-hydrogen) atoms. The molecule has 0 N–H and O–H groups in total. The Kier molecular flexibility index (Phi) is 9.15. The third kappa shape index (κ3) is 7.10. The monoisotopic (exact) mass is 367 g/mol. The summed E-state index contributed by atoms with van der Waals surface area (Å²) < 4.78 is 17.4. The van der Waals surface area contributed by atoms with Crippen LogP contribution in [0.3, 0.4) is 0 Å². The lowest BCUT2D eigenvalue weighted by molar-refractivity contribution is 0.165. The Morgan fingerprint density at radius 1 is 1.24 bits per heavy atom. The Labute approximate surface area is 157 Å². The van der Waals surface area contributed by atoms with Crippen LogP contribution in [0.5, 0.6) is 5.75 Å². The maximum Gasteiger partial charge on any atom is 0.119 e. The summed E-state index contributed by atoms with van der Waals surface area (Å²) in [6.45, 7) is 16.3. The van der Waals surface area contributed by atoms with E-state index in [1.165, 1.54) is 19.4 Å². The third-order valence-electron chi connectivity index (χ3n) is 4.74. The van der Waals surface area contributed by atoms with Crippen LogP contribution in [-0.2, 0) is 10.8 Å². The quantitative estimate of drug-likeness (QED) is 0.681. The fraction of sp³-hybridized carbons (Fsp3) is 0.714. The Morgan fingerprint density at radius 3 is 2.36 bits per heavy atom. The SMILES string of the molecule is CC.CC(C)CCN1CC(COc2ccc(S(C)=O)cc2)CC1(C)C. The molecule has 0 aliphatic carbocycles. The maximum atomic E-state index is 11.4. The lowest BCUT2D eigenvalue weighted by Crippen LogP contribution is -2.39. The molecule has 0 amide bonds. The number of likely N-dealkylation sites (tertiary alicyclic amines) is 1. The second kappa shape index (κ2) is 10.3. The van der Waals surface area contributed by atoms with E-state index in [4.69, 9.17) is 4.74 Å². The summed E-state index contributed by atoms with van der Waals surface area (Å²) in [7, 11) is -0.927. The van der Waals surface area contributed by atoms with E-state index in [-0.39, 0.29) is 5.54 Å². The first-order valence-corrected chi connectivity index (χ1v) is 11.1. The number of hydrogen-bond donors (Lipinski definition) is 0. The minimum absolute atomic E-state index is 0.270. The first-order valence-electron chi connectivity index (χ1n) is 9.59. The highest BCUT2D eigenvalue weighted by Gasteiger charge is 2.38. The van der Waals surface area contributed by atoms with Crippen molar-refractivity contribution in [3.63, 3.8) is 0 Å². The van der Waals surface area contributed by atoms with Crippen molar-refractivity contribution in [1.29, 1.82) is 0 Å². The molecular formula is C21H37NO2S. The van der Waals surface area contributed by atoms with Crippen molar-refractivity contribution in [2.75, 3.05) is 26.0 Å². The van der Waals surface area contributed by atoms with Crippen LogP contribution in [0, 0.1) is 11.8 Å². The Hall–Kier alpha value is -0.870. The molecule has 0 saturated carbocycles. The molecule has 1 heterocycles. The van der Waals surface area contributed by atoms with Gasteiger partial charge in [0.15, 0.2) is 0 Å². The van der Waals surface area contributed by atoms with Crippen LogP contribution in [-0.4, -0.2) is 40.6 Å². The minimum Gasteiger partial charge on any atom is -0.493 e. The van der Waals surface area contributed by atoms with E-state index in [9.17, 15) is 4.21 Å². The molecule has 144 valence electrons. The van der Waals surface area contributed by atoms with E-state index < -0.39 is 10.8 Å². The van der Waals surface area contributed by atoms with Gasteiger partial charge in [-0.2, -0.15) is 0 Å². The Balaban J connectivity index is 0.00000151. The van der Waals surface area contributed by atoms with Crippen molar-refractivity contribution in [2.24, 2.45) is 11.8 Å². The smallest absolute Gasteiger partial charge is 0.119 e. The largest absolute Gasteiger partial charge is 0.493 e. The Morgan fingerprint density at radius 2 is 1.84 bits per heavy atom. The number of ether oxygens (including phenoxy) is 1. The second-order valence-electron chi connectivity index (χ2n) is 7.75. The predicted molar refractivity (Wildman–Crippen MR) is 109 cm³/mol. The lowest BCUT2D eigenvalue weighted by atomic mass is 9.96. The van der Waals surface area contributed by atoms with Crippen molar-refractivity contribution in [2.45, 2.75) is 64.8 Å². The summed E-state index contributed by atoms with van der Waals surface area (Å²) in [6, 6.07) is 7.62. The Bertz CT molecular complexity index is 525. The number of nitrogens with zero attached hydrogens (tertiary/aromatic N) is 1. The molecule has 1 fully saturated rings. The van der Waals surface area contributed by atoms with Gasteiger partial charge in [-0.05, 0) is 63.4 Å². The van der Waals surface area contributed by atoms with Crippen molar-refractivity contribution < 1.29 is 8.95 Å². The minimum atomic E-state index is -0.927. The van der Waals surface area contributed by atoms with Gasteiger partial charge in [-0.3, -0.25) is 9.11 Å². The molecule has 2 atom stereocenters. The maximum absolute atomic E-state index is 11.4. The third-order valence-corrected chi connectivity index (χ3v) is 5.68. The van der Waals surface area contributed by atoms with E-state index in [1.54, 1.807) is 6.26 Å². The van der Waals surface area contributed by atoms with Crippen LogP contribution in [0.4, 0.5) is 0 Å². The molecule has 1 aliphatic heterocycles. The molecule has 2 rings (SSSR count). The zero-order chi connectivity index (χ0) is 19.0. The topological polar surface area (TPSA) is 29.5 Å². The van der Waals surface area contributed by atoms with Crippen LogP contribution >= 0.6 is 0 Å².